The van der Waals surface area contributed by atoms with E-state index < -0.39 is 0 Å². The van der Waals surface area contributed by atoms with Gasteiger partial charge in [-0.1, -0.05) is 53.5 Å². The smallest absolute Gasteiger partial charge is 0.264 e. The van der Waals surface area contributed by atoms with Gasteiger partial charge < -0.3 is 0 Å². The van der Waals surface area contributed by atoms with E-state index in [1.54, 1.807) is 24.5 Å². The molecule has 2 heterocycles. The predicted molar refractivity (Wildman–Crippen MR) is 104 cm³/mol. The molecule has 0 aliphatic rings. The molecule has 4 rings (SSSR count). The normalized spacial score (nSPS) is 11.0. The van der Waals surface area contributed by atoms with Crippen LogP contribution < -0.4 is 0 Å². The fourth-order valence-corrected chi connectivity index (χ4v) is 3.34. The highest BCUT2D eigenvalue weighted by atomic mass is 35.5. The third-order valence-electron chi connectivity index (χ3n) is 4.27. The van der Waals surface area contributed by atoms with Crippen LogP contribution in [0.25, 0.3) is 22.2 Å². The molecule has 4 aromatic rings. The van der Waals surface area contributed by atoms with Gasteiger partial charge in [-0.15, -0.1) is 0 Å². The quantitative estimate of drug-likeness (QED) is 0.466. The Kier molecular flexibility index (Phi) is 4.23. The van der Waals surface area contributed by atoms with Crippen molar-refractivity contribution in [1.29, 1.82) is 0 Å². The van der Waals surface area contributed by atoms with Gasteiger partial charge in [-0.2, -0.15) is 0 Å². The molecular weight excluding hydrogens is 369 g/mol. The van der Waals surface area contributed by atoms with Gasteiger partial charge in [-0.3, -0.25) is 9.36 Å². The largest absolute Gasteiger partial charge is 0.272 e. The van der Waals surface area contributed by atoms with E-state index in [0.717, 1.165) is 16.8 Å². The van der Waals surface area contributed by atoms with Gasteiger partial charge in [-0.05, 0) is 24.6 Å². The predicted octanol–water partition coefficient (Wildman–Crippen LogP) is 5.40. The summed E-state index contributed by atoms with van der Waals surface area (Å²) in [5.74, 6) is -0.192. The number of hydrogen-bond acceptors (Lipinski definition) is 3. The number of fused-ring (bicyclic) bond motifs is 1. The molecule has 0 bridgehead atoms. The molecule has 0 saturated carbocycles. The SMILES string of the molecule is Cc1c(-c2ccccc2)nc2cc(Cl)c(Cl)cc2c1C(=O)n1ccnc1. The van der Waals surface area contributed by atoms with Crippen LogP contribution in [0.3, 0.4) is 0 Å². The molecule has 0 spiro atoms. The second-order valence-corrected chi connectivity index (χ2v) is 6.70. The zero-order valence-corrected chi connectivity index (χ0v) is 15.3. The molecule has 0 atom stereocenters. The van der Waals surface area contributed by atoms with Crippen molar-refractivity contribution in [2.24, 2.45) is 0 Å². The van der Waals surface area contributed by atoms with Crippen molar-refractivity contribution in [1.82, 2.24) is 14.5 Å². The topological polar surface area (TPSA) is 47.8 Å². The van der Waals surface area contributed by atoms with Crippen molar-refractivity contribution in [2.75, 3.05) is 0 Å². The second kappa shape index (κ2) is 6.56. The Balaban J connectivity index is 2.08. The fourth-order valence-electron chi connectivity index (χ4n) is 3.01. The van der Waals surface area contributed by atoms with Crippen LogP contribution in [0.2, 0.25) is 10.0 Å². The van der Waals surface area contributed by atoms with Crippen LogP contribution in [0, 0.1) is 6.92 Å². The van der Waals surface area contributed by atoms with Crippen molar-refractivity contribution < 1.29 is 4.79 Å². The molecule has 0 fully saturated rings. The first-order valence-corrected chi connectivity index (χ1v) is 8.69. The number of carbonyl (C=O) groups excluding carboxylic acids is 1. The van der Waals surface area contributed by atoms with Crippen molar-refractivity contribution in [3.63, 3.8) is 0 Å². The molecule has 0 N–H and O–H groups in total. The molecule has 4 nitrogen and oxygen atoms in total. The summed E-state index contributed by atoms with van der Waals surface area (Å²) in [6.07, 6.45) is 4.67. The Labute approximate surface area is 160 Å². The van der Waals surface area contributed by atoms with E-state index in [1.165, 1.54) is 10.9 Å². The molecule has 26 heavy (non-hydrogen) atoms. The lowest BCUT2D eigenvalue weighted by atomic mass is 9.97. The van der Waals surface area contributed by atoms with E-state index in [-0.39, 0.29) is 5.91 Å². The maximum absolute atomic E-state index is 13.1. The minimum atomic E-state index is -0.192. The van der Waals surface area contributed by atoms with Crippen molar-refractivity contribution in [2.45, 2.75) is 6.92 Å². The lowest BCUT2D eigenvalue weighted by molar-refractivity contribution is 0.0961. The number of rotatable bonds is 2. The molecule has 0 radical (unpaired) electrons. The molecule has 6 heteroatoms. The van der Waals surface area contributed by atoms with Gasteiger partial charge in [-0.25, -0.2) is 9.97 Å². The maximum atomic E-state index is 13.1. The summed E-state index contributed by atoms with van der Waals surface area (Å²) in [6, 6.07) is 13.1. The van der Waals surface area contributed by atoms with E-state index in [4.69, 9.17) is 28.2 Å². The number of pyridine rings is 1. The monoisotopic (exact) mass is 381 g/mol. The number of benzene rings is 2. The average Bonchev–Trinajstić information content (AvgIpc) is 3.18. The lowest BCUT2D eigenvalue weighted by Crippen LogP contribution is -2.13. The van der Waals surface area contributed by atoms with Crippen LogP contribution in [-0.2, 0) is 0 Å². The summed E-state index contributed by atoms with van der Waals surface area (Å²) in [7, 11) is 0. The van der Waals surface area contributed by atoms with Gasteiger partial charge in [0.05, 0.1) is 26.8 Å². The maximum Gasteiger partial charge on any atom is 0.264 e. The van der Waals surface area contributed by atoms with E-state index in [0.29, 0.717) is 26.5 Å². The number of hydrogen-bond donors (Lipinski definition) is 0. The molecular formula is C20H13Cl2N3O. The molecule has 0 unspecified atom stereocenters. The van der Waals surface area contributed by atoms with E-state index >= 15 is 0 Å². The lowest BCUT2D eigenvalue weighted by Gasteiger charge is -2.15. The highest BCUT2D eigenvalue weighted by Gasteiger charge is 2.21. The van der Waals surface area contributed by atoms with Crippen LogP contribution in [0.15, 0.2) is 61.2 Å². The van der Waals surface area contributed by atoms with Gasteiger partial charge >= 0.3 is 0 Å². The highest BCUT2D eigenvalue weighted by Crippen LogP contribution is 2.34. The zero-order chi connectivity index (χ0) is 18.3. The first-order valence-electron chi connectivity index (χ1n) is 7.93. The number of carbonyl (C=O) groups is 1. The minimum Gasteiger partial charge on any atom is -0.272 e. The average molecular weight is 382 g/mol. The van der Waals surface area contributed by atoms with Gasteiger partial charge in [0.15, 0.2) is 0 Å². The molecule has 2 aromatic carbocycles. The fraction of sp³-hybridized carbons (Fsp3) is 0.0500. The molecule has 0 aliphatic carbocycles. The van der Waals surface area contributed by atoms with Crippen LogP contribution in [0.4, 0.5) is 0 Å². The number of aromatic nitrogens is 3. The Morgan fingerprint density at radius 2 is 1.81 bits per heavy atom. The first kappa shape index (κ1) is 16.8. The van der Waals surface area contributed by atoms with Crippen molar-refractivity contribution >= 4 is 40.0 Å². The Morgan fingerprint density at radius 1 is 1.08 bits per heavy atom. The van der Waals surface area contributed by atoms with Crippen LogP contribution in [0.1, 0.15) is 15.9 Å². The summed E-state index contributed by atoms with van der Waals surface area (Å²) < 4.78 is 1.44. The summed E-state index contributed by atoms with van der Waals surface area (Å²) in [6.45, 7) is 1.89. The van der Waals surface area contributed by atoms with Crippen molar-refractivity contribution in [3.8, 4) is 11.3 Å². The van der Waals surface area contributed by atoms with E-state index in [2.05, 4.69) is 4.98 Å². The summed E-state index contributed by atoms with van der Waals surface area (Å²) in [4.78, 5) is 21.9. The molecule has 0 saturated heterocycles. The second-order valence-electron chi connectivity index (χ2n) is 5.89. The summed E-state index contributed by atoms with van der Waals surface area (Å²) in [5, 5.41) is 1.44. The highest BCUT2D eigenvalue weighted by molar-refractivity contribution is 6.43. The first-order chi connectivity index (χ1) is 12.6. The molecule has 0 amide bonds. The Morgan fingerprint density at radius 3 is 2.50 bits per heavy atom. The van der Waals surface area contributed by atoms with Gasteiger partial charge in [0, 0.05) is 23.3 Å². The van der Waals surface area contributed by atoms with Crippen LogP contribution in [-0.4, -0.2) is 20.4 Å². The Hall–Kier alpha value is -2.69. The molecule has 0 aliphatic heterocycles. The van der Waals surface area contributed by atoms with Crippen LogP contribution in [0.5, 0.6) is 0 Å². The van der Waals surface area contributed by atoms with Gasteiger partial charge in [0.1, 0.15) is 6.33 Å². The number of imidazole rings is 1. The van der Waals surface area contributed by atoms with Crippen molar-refractivity contribution in [3.05, 3.63) is 82.4 Å². The van der Waals surface area contributed by atoms with E-state index in [1.807, 2.05) is 37.3 Å². The van der Waals surface area contributed by atoms with Crippen LogP contribution >= 0.6 is 23.2 Å². The molecule has 2 aromatic heterocycles. The van der Waals surface area contributed by atoms with Gasteiger partial charge in [0.2, 0.25) is 0 Å². The number of nitrogens with zero attached hydrogens (tertiary/aromatic N) is 3. The third-order valence-corrected chi connectivity index (χ3v) is 4.99. The summed E-state index contributed by atoms with van der Waals surface area (Å²) in [5.41, 5.74) is 3.59. The van der Waals surface area contributed by atoms with Gasteiger partial charge in [0.25, 0.3) is 5.91 Å². The Bertz CT molecular complexity index is 1120. The third kappa shape index (κ3) is 2.77. The zero-order valence-electron chi connectivity index (χ0n) is 13.8. The standard InChI is InChI=1S/C20H13Cl2N3O/c1-12-18(20(26)25-8-7-23-11-25)14-9-15(21)16(22)10-17(14)24-19(12)13-5-3-2-4-6-13/h2-11H,1H3. The minimum absolute atomic E-state index is 0.192. The molecule has 128 valence electrons. The van der Waals surface area contributed by atoms with E-state index in [9.17, 15) is 4.79 Å². The number of halogens is 2. The summed E-state index contributed by atoms with van der Waals surface area (Å²) >= 11 is 12.4.